The molecule has 12 rings (SSSR count). The number of para-hydroxylation sites is 4. The smallest absolute Gasteiger partial charge is 0.143 e. The molecule has 0 atom stereocenters. The van der Waals surface area contributed by atoms with Gasteiger partial charge < -0.3 is 13.3 Å². The van der Waals surface area contributed by atoms with Crippen LogP contribution in [0.5, 0.6) is 0 Å². The lowest BCUT2D eigenvalue weighted by atomic mass is 9.84. The second kappa shape index (κ2) is 12.6. The van der Waals surface area contributed by atoms with E-state index in [9.17, 15) is 0 Å². The third-order valence-corrected chi connectivity index (χ3v) is 11.9. The molecule has 268 valence electrons. The molecule has 11 aromatic rings. The van der Waals surface area contributed by atoms with Gasteiger partial charge in [0, 0.05) is 43.4 Å². The van der Waals surface area contributed by atoms with E-state index in [2.05, 4.69) is 152 Å². The lowest BCUT2D eigenvalue weighted by molar-refractivity contribution is 0.668. The average Bonchev–Trinajstić information content (AvgIpc) is 3.97. The highest BCUT2D eigenvalue weighted by Crippen LogP contribution is 2.45. The first kappa shape index (κ1) is 31.9. The Morgan fingerprint density at radius 2 is 0.895 bits per heavy atom. The lowest BCUT2D eigenvalue weighted by Gasteiger charge is -2.19. The molecule has 3 aromatic heterocycles. The monoisotopic (exact) mass is 730 g/mol. The number of rotatable bonds is 5. The topological polar surface area (TPSA) is 39.4 Å². The summed E-state index contributed by atoms with van der Waals surface area (Å²) in [5, 5.41) is 6.89. The lowest BCUT2D eigenvalue weighted by Crippen LogP contribution is -1.97. The van der Waals surface area contributed by atoms with Gasteiger partial charge >= 0.3 is 0 Å². The summed E-state index contributed by atoms with van der Waals surface area (Å²) >= 11 is 0. The van der Waals surface area contributed by atoms with Crippen LogP contribution in [0, 0.1) is 0 Å². The zero-order valence-corrected chi connectivity index (χ0v) is 31.0. The van der Waals surface area contributed by atoms with Crippen LogP contribution >= 0.6 is 0 Å². The van der Waals surface area contributed by atoms with E-state index >= 15 is 0 Å². The summed E-state index contributed by atoms with van der Waals surface area (Å²) in [5.41, 5.74) is 17.6. The zero-order valence-electron chi connectivity index (χ0n) is 31.0. The Bertz CT molecular complexity index is 3450. The van der Waals surface area contributed by atoms with Gasteiger partial charge in [-0.15, -0.1) is 0 Å². The number of hydrogen-bond acceptors (Lipinski definition) is 3. The van der Waals surface area contributed by atoms with E-state index in [4.69, 9.17) is 13.3 Å². The SMILES string of the molecule is C1=C(c2ccc3oc4ccccc4c3c2)CCC(c2ccc3oc4ccccc4c3c2-c2ccc(-c3cccc(-c4cccc5c4oc4ccccc45)c3)cc2)=C1. The highest BCUT2D eigenvalue weighted by atomic mass is 16.3. The molecule has 8 aromatic carbocycles. The minimum atomic E-state index is 0.903. The van der Waals surface area contributed by atoms with Crippen molar-refractivity contribution in [1.82, 2.24) is 0 Å². The molecule has 0 unspecified atom stereocenters. The number of benzene rings is 8. The quantitative estimate of drug-likeness (QED) is 0.177. The Morgan fingerprint density at radius 1 is 0.316 bits per heavy atom. The molecule has 3 nitrogen and oxygen atoms in total. The Balaban J connectivity index is 0.942. The number of furan rings is 3. The molecule has 0 saturated heterocycles. The van der Waals surface area contributed by atoms with Gasteiger partial charge in [0.05, 0.1) is 0 Å². The van der Waals surface area contributed by atoms with Crippen LogP contribution in [-0.2, 0) is 0 Å². The van der Waals surface area contributed by atoms with Gasteiger partial charge in [-0.1, -0.05) is 140 Å². The second-order valence-corrected chi connectivity index (χ2v) is 15.1. The van der Waals surface area contributed by atoms with Crippen molar-refractivity contribution in [2.24, 2.45) is 0 Å². The van der Waals surface area contributed by atoms with E-state index in [0.29, 0.717) is 0 Å². The molecule has 0 amide bonds. The molecule has 0 aliphatic heterocycles. The average molecular weight is 731 g/mol. The fraction of sp³-hybridized carbons (Fsp3) is 0.0370. The van der Waals surface area contributed by atoms with Crippen molar-refractivity contribution >= 4 is 77.0 Å². The van der Waals surface area contributed by atoms with Gasteiger partial charge in [0.15, 0.2) is 0 Å². The minimum absolute atomic E-state index is 0.903. The normalized spacial score (nSPS) is 13.3. The molecule has 1 aliphatic rings. The Morgan fingerprint density at radius 3 is 1.70 bits per heavy atom. The molecule has 1 aliphatic carbocycles. The van der Waals surface area contributed by atoms with Crippen LogP contribution in [0.3, 0.4) is 0 Å². The molecule has 3 heterocycles. The van der Waals surface area contributed by atoms with Gasteiger partial charge in [-0.3, -0.25) is 0 Å². The zero-order chi connectivity index (χ0) is 37.5. The maximum Gasteiger partial charge on any atom is 0.143 e. The van der Waals surface area contributed by atoms with Gasteiger partial charge in [0.2, 0.25) is 0 Å². The molecule has 0 N–H and O–H groups in total. The van der Waals surface area contributed by atoms with Crippen LogP contribution in [0.2, 0.25) is 0 Å². The predicted molar refractivity (Wildman–Crippen MR) is 236 cm³/mol. The summed E-state index contributed by atoms with van der Waals surface area (Å²) in [7, 11) is 0. The van der Waals surface area contributed by atoms with Crippen LogP contribution < -0.4 is 0 Å². The van der Waals surface area contributed by atoms with Gasteiger partial charge in [0.25, 0.3) is 0 Å². The van der Waals surface area contributed by atoms with Crippen LogP contribution in [0.4, 0.5) is 0 Å². The first-order valence-electron chi connectivity index (χ1n) is 19.6. The Kier molecular flexibility index (Phi) is 7.05. The number of fused-ring (bicyclic) bond motifs is 9. The maximum atomic E-state index is 6.44. The summed E-state index contributed by atoms with van der Waals surface area (Å²) in [6, 6.07) is 60.2. The van der Waals surface area contributed by atoms with Crippen molar-refractivity contribution in [3.05, 3.63) is 193 Å². The van der Waals surface area contributed by atoms with Crippen molar-refractivity contribution in [3.8, 4) is 33.4 Å². The van der Waals surface area contributed by atoms with Crippen molar-refractivity contribution in [1.29, 1.82) is 0 Å². The van der Waals surface area contributed by atoms with Crippen LogP contribution in [0.25, 0.3) is 110 Å². The van der Waals surface area contributed by atoms with Crippen LogP contribution in [-0.4, -0.2) is 0 Å². The van der Waals surface area contributed by atoms with Crippen molar-refractivity contribution in [2.45, 2.75) is 12.8 Å². The molecule has 57 heavy (non-hydrogen) atoms. The fourth-order valence-corrected chi connectivity index (χ4v) is 9.08. The Hall–Kier alpha value is -7.36. The van der Waals surface area contributed by atoms with E-state index in [1.807, 2.05) is 30.3 Å². The van der Waals surface area contributed by atoms with Crippen molar-refractivity contribution in [2.75, 3.05) is 0 Å². The van der Waals surface area contributed by atoms with Gasteiger partial charge in [-0.2, -0.15) is 0 Å². The summed E-state index contributed by atoms with van der Waals surface area (Å²) in [5.74, 6) is 0. The van der Waals surface area contributed by atoms with E-state index in [1.165, 1.54) is 33.4 Å². The molecule has 0 fully saturated rings. The molecule has 0 bridgehead atoms. The number of hydrogen-bond donors (Lipinski definition) is 0. The largest absolute Gasteiger partial charge is 0.456 e. The van der Waals surface area contributed by atoms with E-state index in [-0.39, 0.29) is 0 Å². The second-order valence-electron chi connectivity index (χ2n) is 15.1. The first-order chi connectivity index (χ1) is 28.2. The number of allylic oxidation sites excluding steroid dienone is 4. The van der Waals surface area contributed by atoms with Gasteiger partial charge in [0.1, 0.15) is 33.5 Å². The fourth-order valence-electron chi connectivity index (χ4n) is 9.08. The van der Waals surface area contributed by atoms with E-state index in [0.717, 1.165) is 101 Å². The van der Waals surface area contributed by atoms with Crippen molar-refractivity contribution in [3.63, 3.8) is 0 Å². The minimum Gasteiger partial charge on any atom is -0.456 e. The van der Waals surface area contributed by atoms with Crippen LogP contribution in [0.15, 0.2) is 195 Å². The first-order valence-corrected chi connectivity index (χ1v) is 19.6. The van der Waals surface area contributed by atoms with Crippen molar-refractivity contribution < 1.29 is 13.3 Å². The van der Waals surface area contributed by atoms with E-state index < -0.39 is 0 Å². The third-order valence-electron chi connectivity index (χ3n) is 11.9. The summed E-state index contributed by atoms with van der Waals surface area (Å²) < 4.78 is 19.0. The summed E-state index contributed by atoms with van der Waals surface area (Å²) in [6.45, 7) is 0. The van der Waals surface area contributed by atoms with E-state index in [1.54, 1.807) is 0 Å². The molecule has 0 radical (unpaired) electrons. The predicted octanol–water partition coefficient (Wildman–Crippen LogP) is 15.6. The molecule has 0 saturated carbocycles. The standard InChI is InChI=1S/C54H34O3/c1-5-17-48-42(11-1)44-15-8-14-41(54(44)57-48)39-10-7-9-37(31-39)33-21-25-36(26-22-33)52-40(28-30-51-53(52)45-13-3-6-18-49(45)56-51)35-23-19-34(20-24-35)38-27-29-50-46(32-38)43-12-2-4-16-47(43)55-50/h1-19,21-23,25-32H,20,24H2. The van der Waals surface area contributed by atoms with Crippen LogP contribution in [0.1, 0.15) is 24.0 Å². The van der Waals surface area contributed by atoms with Gasteiger partial charge in [-0.25, -0.2) is 0 Å². The van der Waals surface area contributed by atoms with Gasteiger partial charge in [-0.05, 0) is 99.8 Å². The Labute approximate surface area is 328 Å². The third kappa shape index (κ3) is 5.13. The summed E-state index contributed by atoms with van der Waals surface area (Å²) in [4.78, 5) is 0. The molecule has 0 spiro atoms. The highest BCUT2D eigenvalue weighted by molar-refractivity contribution is 6.15. The highest BCUT2D eigenvalue weighted by Gasteiger charge is 2.21. The maximum absolute atomic E-state index is 6.44. The molecule has 3 heteroatoms. The summed E-state index contributed by atoms with van der Waals surface area (Å²) in [6.07, 6.45) is 6.53. The molecular formula is C54H34O3. The molecular weight excluding hydrogens is 697 g/mol.